The van der Waals surface area contributed by atoms with Crippen LogP contribution in [0.4, 0.5) is 18.0 Å². The van der Waals surface area contributed by atoms with E-state index in [1.807, 2.05) is 0 Å². The predicted molar refractivity (Wildman–Crippen MR) is 80.7 cm³/mol. The van der Waals surface area contributed by atoms with E-state index in [0.29, 0.717) is 12.8 Å². The maximum Gasteiger partial charge on any atom is 0.471 e. The minimum atomic E-state index is -5.14. The molecule has 0 heterocycles. The molecule has 10 heteroatoms. The van der Waals surface area contributed by atoms with E-state index in [1.54, 1.807) is 20.8 Å². The molecular weight excluding hydrogens is 345 g/mol. The maximum absolute atomic E-state index is 12.3. The summed E-state index contributed by atoms with van der Waals surface area (Å²) in [5.41, 5.74) is -0.655. The van der Waals surface area contributed by atoms with E-state index in [4.69, 9.17) is 9.84 Å². The lowest BCUT2D eigenvalue weighted by molar-refractivity contribution is -0.176. The lowest BCUT2D eigenvalue weighted by atomic mass is 9.81. The van der Waals surface area contributed by atoms with Crippen molar-refractivity contribution in [1.82, 2.24) is 10.6 Å². The molecule has 1 aliphatic carbocycles. The molecular formula is C15H23F3N2O5. The second-order valence-corrected chi connectivity index (χ2v) is 7.05. The summed E-state index contributed by atoms with van der Waals surface area (Å²) >= 11 is 0. The van der Waals surface area contributed by atoms with Gasteiger partial charge in [-0.05, 0) is 52.4 Å². The van der Waals surface area contributed by atoms with Crippen LogP contribution in [0.5, 0.6) is 0 Å². The summed E-state index contributed by atoms with van der Waals surface area (Å²) < 4.78 is 42.1. The fraction of sp³-hybridized carbons (Fsp3) is 0.800. The minimum Gasteiger partial charge on any atom is -0.480 e. The van der Waals surface area contributed by atoms with Gasteiger partial charge >= 0.3 is 24.1 Å². The van der Waals surface area contributed by atoms with Crippen molar-refractivity contribution < 1.29 is 37.4 Å². The standard InChI is InChI=1S/C15H23F3N2O5/c1-14(2,3)25-13(24)19-9-6-4-8(5-7-9)10(11(21)22)20-12(23)15(16,17)18/h8-10H,4-7H2,1-3H3,(H,19,24)(H,20,23)(H,21,22). The number of halogens is 3. The number of carbonyl (C=O) groups excluding carboxylic acids is 2. The molecule has 0 bridgehead atoms. The van der Waals surface area contributed by atoms with E-state index in [2.05, 4.69) is 5.32 Å². The molecule has 3 N–H and O–H groups in total. The van der Waals surface area contributed by atoms with Crippen LogP contribution in [0.15, 0.2) is 0 Å². The van der Waals surface area contributed by atoms with Crippen molar-refractivity contribution in [2.45, 2.75) is 70.3 Å². The number of ether oxygens (including phenoxy) is 1. The monoisotopic (exact) mass is 368 g/mol. The van der Waals surface area contributed by atoms with Crippen LogP contribution >= 0.6 is 0 Å². The van der Waals surface area contributed by atoms with Gasteiger partial charge in [-0.1, -0.05) is 0 Å². The second kappa shape index (κ2) is 7.92. The molecule has 144 valence electrons. The zero-order chi connectivity index (χ0) is 19.4. The molecule has 2 amide bonds. The number of carboxylic acid groups (broad SMARTS) is 1. The Morgan fingerprint density at radius 2 is 1.60 bits per heavy atom. The first-order chi connectivity index (χ1) is 11.3. The highest BCUT2D eigenvalue weighted by molar-refractivity contribution is 5.87. The molecule has 0 aromatic rings. The largest absolute Gasteiger partial charge is 0.480 e. The van der Waals surface area contributed by atoms with Gasteiger partial charge in [0.25, 0.3) is 0 Å². The molecule has 0 spiro atoms. The normalized spacial score (nSPS) is 22.6. The molecule has 1 fully saturated rings. The summed E-state index contributed by atoms with van der Waals surface area (Å²) in [6.45, 7) is 5.14. The Morgan fingerprint density at radius 3 is 2.00 bits per heavy atom. The summed E-state index contributed by atoms with van der Waals surface area (Å²) in [6.07, 6.45) is -4.45. The van der Waals surface area contributed by atoms with Crippen LogP contribution in [0.1, 0.15) is 46.5 Å². The van der Waals surface area contributed by atoms with E-state index in [1.165, 1.54) is 5.32 Å². The Morgan fingerprint density at radius 1 is 1.08 bits per heavy atom. The molecule has 25 heavy (non-hydrogen) atoms. The van der Waals surface area contributed by atoms with E-state index >= 15 is 0 Å². The predicted octanol–water partition coefficient (Wildman–Crippen LogP) is 2.20. The zero-order valence-electron chi connectivity index (χ0n) is 14.3. The highest BCUT2D eigenvalue weighted by Crippen LogP contribution is 2.28. The number of carboxylic acids is 1. The number of hydrogen-bond acceptors (Lipinski definition) is 4. The fourth-order valence-corrected chi connectivity index (χ4v) is 2.68. The third-order valence-corrected chi connectivity index (χ3v) is 3.77. The number of alkyl halides is 3. The topological polar surface area (TPSA) is 105 Å². The Labute approximate surface area is 143 Å². The Kier molecular flexibility index (Phi) is 6.67. The van der Waals surface area contributed by atoms with Gasteiger partial charge in [0.15, 0.2) is 0 Å². The smallest absolute Gasteiger partial charge is 0.471 e. The highest BCUT2D eigenvalue weighted by atomic mass is 19.4. The van der Waals surface area contributed by atoms with Gasteiger partial charge in [0.2, 0.25) is 0 Å². The first-order valence-corrected chi connectivity index (χ1v) is 7.89. The average Bonchev–Trinajstić information content (AvgIpc) is 2.42. The number of carbonyl (C=O) groups is 3. The van der Waals surface area contributed by atoms with Crippen molar-refractivity contribution in [3.8, 4) is 0 Å². The zero-order valence-corrected chi connectivity index (χ0v) is 14.3. The number of alkyl carbamates (subject to hydrolysis) is 1. The first kappa shape index (κ1) is 21.0. The van der Waals surface area contributed by atoms with E-state index in [-0.39, 0.29) is 18.9 Å². The second-order valence-electron chi connectivity index (χ2n) is 7.05. The van der Waals surface area contributed by atoms with Crippen molar-refractivity contribution in [1.29, 1.82) is 0 Å². The van der Waals surface area contributed by atoms with Crippen LogP contribution in [0.3, 0.4) is 0 Å². The van der Waals surface area contributed by atoms with Crippen LogP contribution in [0, 0.1) is 5.92 Å². The Hall–Kier alpha value is -2.00. The van der Waals surface area contributed by atoms with Crippen molar-refractivity contribution in [3.05, 3.63) is 0 Å². The maximum atomic E-state index is 12.3. The van der Waals surface area contributed by atoms with Crippen LogP contribution in [0.25, 0.3) is 0 Å². The lowest BCUT2D eigenvalue weighted by Crippen LogP contribution is -2.52. The van der Waals surface area contributed by atoms with Gasteiger partial charge in [0, 0.05) is 6.04 Å². The lowest BCUT2D eigenvalue weighted by Gasteiger charge is -2.33. The Bertz CT molecular complexity index is 508. The van der Waals surface area contributed by atoms with Crippen LogP contribution in [0.2, 0.25) is 0 Å². The number of rotatable bonds is 4. The molecule has 0 aromatic heterocycles. The molecule has 1 atom stereocenters. The summed E-state index contributed by atoms with van der Waals surface area (Å²) in [7, 11) is 0. The first-order valence-electron chi connectivity index (χ1n) is 7.89. The average molecular weight is 368 g/mol. The summed E-state index contributed by atoms with van der Waals surface area (Å²) in [4.78, 5) is 33.9. The number of aliphatic carboxylic acids is 1. The van der Waals surface area contributed by atoms with E-state index in [9.17, 15) is 27.6 Å². The quantitative estimate of drug-likeness (QED) is 0.706. The summed E-state index contributed by atoms with van der Waals surface area (Å²) in [5, 5.41) is 13.3. The Balaban J connectivity index is 2.56. The van der Waals surface area contributed by atoms with E-state index < -0.39 is 41.7 Å². The van der Waals surface area contributed by atoms with Crippen LogP contribution < -0.4 is 10.6 Å². The number of hydrogen-bond donors (Lipinski definition) is 3. The number of amides is 2. The molecule has 0 radical (unpaired) electrons. The van der Waals surface area contributed by atoms with Crippen LogP contribution in [-0.2, 0) is 14.3 Å². The van der Waals surface area contributed by atoms with Gasteiger partial charge < -0.3 is 20.5 Å². The van der Waals surface area contributed by atoms with Gasteiger partial charge in [-0.3, -0.25) is 4.79 Å². The minimum absolute atomic E-state index is 0.251. The summed E-state index contributed by atoms with van der Waals surface area (Å²) in [6, 6.07) is -1.87. The molecule has 0 saturated heterocycles. The molecule has 0 aliphatic heterocycles. The third kappa shape index (κ3) is 7.18. The molecule has 7 nitrogen and oxygen atoms in total. The molecule has 1 unspecified atom stereocenters. The number of nitrogens with one attached hydrogen (secondary N) is 2. The molecule has 1 rings (SSSR count). The van der Waals surface area contributed by atoms with Crippen molar-refractivity contribution in [2.24, 2.45) is 5.92 Å². The molecule has 1 saturated carbocycles. The van der Waals surface area contributed by atoms with Gasteiger partial charge in [-0.25, -0.2) is 9.59 Å². The van der Waals surface area contributed by atoms with Gasteiger partial charge in [0.1, 0.15) is 11.6 Å². The van der Waals surface area contributed by atoms with Crippen molar-refractivity contribution >= 4 is 18.0 Å². The summed E-state index contributed by atoms with van der Waals surface area (Å²) in [5.74, 6) is -4.42. The van der Waals surface area contributed by atoms with E-state index in [0.717, 1.165) is 0 Å². The fourth-order valence-electron chi connectivity index (χ4n) is 2.68. The van der Waals surface area contributed by atoms with Gasteiger partial charge in [-0.15, -0.1) is 0 Å². The molecule has 1 aliphatic rings. The van der Waals surface area contributed by atoms with Gasteiger partial charge in [-0.2, -0.15) is 13.2 Å². The SMILES string of the molecule is CC(C)(C)OC(=O)NC1CCC(C(NC(=O)C(F)(F)F)C(=O)O)CC1. The third-order valence-electron chi connectivity index (χ3n) is 3.77. The van der Waals surface area contributed by atoms with Crippen LogP contribution in [-0.4, -0.2) is 46.9 Å². The van der Waals surface area contributed by atoms with Gasteiger partial charge in [0.05, 0.1) is 0 Å². The highest BCUT2D eigenvalue weighted by Gasteiger charge is 2.43. The molecule has 0 aromatic carbocycles. The van der Waals surface area contributed by atoms with Crippen molar-refractivity contribution in [3.63, 3.8) is 0 Å². The van der Waals surface area contributed by atoms with Crippen molar-refractivity contribution in [2.75, 3.05) is 0 Å².